The molecule has 0 amide bonds. The molecule has 0 aliphatic heterocycles. The summed E-state index contributed by atoms with van der Waals surface area (Å²) >= 11 is 0. The van der Waals surface area contributed by atoms with Crippen molar-refractivity contribution in [1.82, 2.24) is 9.97 Å². The van der Waals surface area contributed by atoms with E-state index in [9.17, 15) is 19.7 Å². The van der Waals surface area contributed by atoms with Crippen LogP contribution in [0.1, 0.15) is 0 Å². The third kappa shape index (κ3) is 3.61. The summed E-state index contributed by atoms with van der Waals surface area (Å²) in [5, 5.41) is 13.7. The molecule has 2 N–H and O–H groups in total. The number of non-ortho nitro benzene ring substituents is 1. The quantitative estimate of drug-likeness (QED) is 0.411. The Bertz CT molecular complexity index is 1180. The van der Waals surface area contributed by atoms with Gasteiger partial charge in [0.05, 0.1) is 10.3 Å². The van der Waals surface area contributed by atoms with Crippen molar-refractivity contribution in [1.29, 1.82) is 0 Å². The molecule has 7 heteroatoms. The number of nitro benzene ring substituents is 1. The highest BCUT2D eigenvalue weighted by molar-refractivity contribution is 5.89. The van der Waals surface area contributed by atoms with Crippen molar-refractivity contribution in [3.63, 3.8) is 0 Å². The zero-order chi connectivity index (χ0) is 17.8. The lowest BCUT2D eigenvalue weighted by Crippen LogP contribution is -2.02. The number of pyridine rings is 2. The fourth-order valence-corrected chi connectivity index (χ4v) is 2.44. The highest BCUT2D eigenvalue weighted by Crippen LogP contribution is 2.22. The van der Waals surface area contributed by atoms with Crippen molar-refractivity contribution in [3.05, 3.63) is 97.8 Å². The first-order valence-corrected chi connectivity index (χ1v) is 7.38. The molecule has 0 spiro atoms. The first kappa shape index (κ1) is 16.1. The number of aromatic nitrogens is 2. The topological polar surface area (TPSA) is 109 Å². The molecule has 124 valence electrons. The van der Waals surface area contributed by atoms with Crippen LogP contribution in [0.5, 0.6) is 0 Å². The van der Waals surface area contributed by atoms with Gasteiger partial charge in [0.1, 0.15) is 0 Å². The lowest BCUT2D eigenvalue weighted by molar-refractivity contribution is -0.383. The molecule has 0 saturated carbocycles. The van der Waals surface area contributed by atoms with E-state index < -0.39 is 4.92 Å². The molecule has 0 aliphatic carbocycles. The van der Waals surface area contributed by atoms with Gasteiger partial charge in [0.25, 0.3) is 5.69 Å². The second-order valence-electron chi connectivity index (χ2n) is 5.26. The number of benzene rings is 2. The number of aromatic amines is 2. The molecule has 2 aromatic heterocycles. The van der Waals surface area contributed by atoms with Crippen molar-refractivity contribution in [2.45, 2.75) is 0 Å². The molecule has 0 unspecified atom stereocenters. The monoisotopic (exact) mass is 335 g/mol. The zero-order valence-electron chi connectivity index (χ0n) is 12.9. The molecule has 0 aliphatic rings. The fourth-order valence-electron chi connectivity index (χ4n) is 2.44. The van der Waals surface area contributed by atoms with E-state index in [0.717, 1.165) is 10.8 Å². The second-order valence-corrected chi connectivity index (χ2v) is 5.26. The van der Waals surface area contributed by atoms with Gasteiger partial charge >= 0.3 is 0 Å². The predicted octanol–water partition coefficient (Wildman–Crippen LogP) is 2.96. The number of hydrogen-bond donors (Lipinski definition) is 2. The smallest absolute Gasteiger partial charge is 0.277 e. The minimum absolute atomic E-state index is 0.0476. The average Bonchev–Trinajstić information content (AvgIpc) is 2.61. The number of nitro groups is 1. The highest BCUT2D eigenvalue weighted by Gasteiger charge is 2.10. The van der Waals surface area contributed by atoms with E-state index in [1.165, 1.54) is 18.3 Å². The standard InChI is InChI=1S/C9H6N2O3.C9H7NO/c12-9-4-7-6(5-10-9)2-1-3-8(7)11(13)14;11-9-5-7-3-1-2-4-8(7)6-10-9/h1-5H,(H,10,12);1-6H,(H,10,11). The molecule has 4 rings (SSSR count). The number of nitrogens with one attached hydrogen (secondary N) is 2. The van der Waals surface area contributed by atoms with Gasteiger partial charge in [-0.25, -0.2) is 0 Å². The average molecular weight is 335 g/mol. The van der Waals surface area contributed by atoms with Gasteiger partial charge < -0.3 is 9.97 Å². The maximum absolute atomic E-state index is 11.0. The molecule has 25 heavy (non-hydrogen) atoms. The van der Waals surface area contributed by atoms with Crippen LogP contribution in [-0.4, -0.2) is 14.9 Å². The lowest BCUT2D eigenvalue weighted by atomic mass is 10.1. The van der Waals surface area contributed by atoms with Gasteiger partial charge in [0.2, 0.25) is 11.1 Å². The molecule has 2 aromatic carbocycles. The molecule has 2 heterocycles. The molecule has 4 aromatic rings. The SMILES string of the molecule is O=c1cc2c([N+](=O)[O-])cccc2c[nH]1.O=c1cc2ccccc2c[nH]1. The third-order valence-corrected chi connectivity index (χ3v) is 3.61. The Hall–Kier alpha value is -3.74. The van der Waals surface area contributed by atoms with Crippen molar-refractivity contribution in [2.24, 2.45) is 0 Å². The van der Waals surface area contributed by atoms with Gasteiger partial charge in [-0.05, 0) is 10.8 Å². The van der Waals surface area contributed by atoms with Gasteiger partial charge in [0.15, 0.2) is 0 Å². The summed E-state index contributed by atoms with van der Waals surface area (Å²) < 4.78 is 0. The van der Waals surface area contributed by atoms with Crippen LogP contribution >= 0.6 is 0 Å². The number of nitrogens with zero attached hydrogens (tertiary/aromatic N) is 1. The summed E-state index contributed by atoms with van der Waals surface area (Å²) in [6.07, 6.45) is 3.18. The Balaban J connectivity index is 0.000000150. The third-order valence-electron chi connectivity index (χ3n) is 3.61. The van der Waals surface area contributed by atoms with Crippen LogP contribution < -0.4 is 11.1 Å². The second kappa shape index (κ2) is 6.79. The van der Waals surface area contributed by atoms with Crippen molar-refractivity contribution < 1.29 is 4.92 Å². The normalized spacial score (nSPS) is 10.2. The van der Waals surface area contributed by atoms with E-state index in [2.05, 4.69) is 9.97 Å². The van der Waals surface area contributed by atoms with E-state index >= 15 is 0 Å². The Morgan fingerprint density at radius 1 is 0.760 bits per heavy atom. The van der Waals surface area contributed by atoms with E-state index in [4.69, 9.17) is 0 Å². The Morgan fingerprint density at radius 3 is 2.08 bits per heavy atom. The molecule has 0 atom stereocenters. The number of fused-ring (bicyclic) bond motifs is 2. The minimum atomic E-state index is -0.498. The Kier molecular flexibility index (Phi) is 4.38. The van der Waals surface area contributed by atoms with Crippen LogP contribution in [0.25, 0.3) is 21.5 Å². The minimum Gasteiger partial charge on any atom is -0.328 e. The van der Waals surface area contributed by atoms with Crippen LogP contribution in [0.15, 0.2) is 76.6 Å². The highest BCUT2D eigenvalue weighted by atomic mass is 16.6. The van der Waals surface area contributed by atoms with Crippen LogP contribution in [0.2, 0.25) is 0 Å². The van der Waals surface area contributed by atoms with Gasteiger partial charge in [-0.2, -0.15) is 0 Å². The first-order valence-electron chi connectivity index (χ1n) is 7.38. The van der Waals surface area contributed by atoms with E-state index in [1.54, 1.807) is 24.4 Å². The maximum atomic E-state index is 11.0. The van der Waals surface area contributed by atoms with E-state index in [-0.39, 0.29) is 16.8 Å². The van der Waals surface area contributed by atoms with Crippen LogP contribution in [0.3, 0.4) is 0 Å². The van der Waals surface area contributed by atoms with Gasteiger partial charge in [-0.3, -0.25) is 19.7 Å². The lowest BCUT2D eigenvalue weighted by Gasteiger charge is -1.97. The summed E-state index contributed by atoms with van der Waals surface area (Å²) in [5.74, 6) is 0. The van der Waals surface area contributed by atoms with Gasteiger partial charge in [0, 0.05) is 36.0 Å². The maximum Gasteiger partial charge on any atom is 0.277 e. The summed E-state index contributed by atoms with van der Waals surface area (Å²) in [6, 6.07) is 15.2. The fraction of sp³-hybridized carbons (Fsp3) is 0. The van der Waals surface area contributed by atoms with E-state index in [0.29, 0.717) is 10.8 Å². The summed E-state index contributed by atoms with van der Waals surface area (Å²) in [7, 11) is 0. The largest absolute Gasteiger partial charge is 0.328 e. The predicted molar refractivity (Wildman–Crippen MR) is 95.8 cm³/mol. The number of H-pyrrole nitrogens is 2. The Labute approximate surface area is 140 Å². The Morgan fingerprint density at radius 2 is 1.36 bits per heavy atom. The summed E-state index contributed by atoms with van der Waals surface area (Å²) in [6.45, 7) is 0. The van der Waals surface area contributed by atoms with E-state index in [1.807, 2.05) is 24.3 Å². The summed E-state index contributed by atoms with van der Waals surface area (Å²) in [5.41, 5.74) is -0.441. The molecule has 0 fully saturated rings. The van der Waals surface area contributed by atoms with Crippen LogP contribution in [-0.2, 0) is 0 Å². The molecule has 0 radical (unpaired) electrons. The summed E-state index contributed by atoms with van der Waals surface area (Å²) in [4.78, 5) is 37.0. The molecular weight excluding hydrogens is 322 g/mol. The molecule has 0 bridgehead atoms. The van der Waals surface area contributed by atoms with Gasteiger partial charge in [-0.15, -0.1) is 0 Å². The van der Waals surface area contributed by atoms with Crippen molar-refractivity contribution >= 4 is 27.2 Å². The van der Waals surface area contributed by atoms with Gasteiger partial charge in [-0.1, -0.05) is 36.4 Å². The van der Waals surface area contributed by atoms with Crippen LogP contribution in [0, 0.1) is 10.1 Å². The number of hydrogen-bond acceptors (Lipinski definition) is 4. The molecular formula is C18H13N3O4. The molecule has 7 nitrogen and oxygen atoms in total. The number of rotatable bonds is 1. The van der Waals surface area contributed by atoms with Crippen LogP contribution in [0.4, 0.5) is 5.69 Å². The van der Waals surface area contributed by atoms with Crippen molar-refractivity contribution in [2.75, 3.05) is 0 Å². The molecule has 0 saturated heterocycles. The van der Waals surface area contributed by atoms with Crippen molar-refractivity contribution in [3.8, 4) is 0 Å². The first-order chi connectivity index (χ1) is 12.0. The zero-order valence-corrected chi connectivity index (χ0v) is 12.9.